The zero-order chi connectivity index (χ0) is 37.8. The molecule has 0 radical (unpaired) electrons. The first-order valence-corrected chi connectivity index (χ1v) is 20.2. The molecule has 0 unspecified atom stereocenters. The minimum absolute atomic E-state index is 0.0864. The third-order valence-electron chi connectivity index (χ3n) is 13.2. The van der Waals surface area contributed by atoms with Crippen LogP contribution in [0, 0.1) is 0 Å². The van der Waals surface area contributed by atoms with Gasteiger partial charge in [0.2, 0.25) is 0 Å². The summed E-state index contributed by atoms with van der Waals surface area (Å²) >= 11 is 0. The number of fused-ring (bicyclic) bond motifs is 4. The Labute approximate surface area is 327 Å². The highest BCUT2D eigenvalue weighted by atomic mass is 14.3. The molecule has 266 valence electrons. The van der Waals surface area contributed by atoms with E-state index in [-0.39, 0.29) is 10.8 Å². The maximum atomic E-state index is 2.48. The van der Waals surface area contributed by atoms with Crippen LogP contribution >= 0.6 is 0 Å². The van der Waals surface area contributed by atoms with Crippen molar-refractivity contribution in [3.63, 3.8) is 0 Å². The molecule has 0 spiro atoms. The first kappa shape index (κ1) is 32.0. The normalized spacial score (nSPS) is 13.2. The summed E-state index contributed by atoms with van der Waals surface area (Å²) in [5.41, 5.74) is 8.03. The van der Waals surface area contributed by atoms with E-state index < -0.39 is 0 Å². The molecule has 0 aliphatic rings. The summed E-state index contributed by atoms with van der Waals surface area (Å²) in [7, 11) is 0. The topological polar surface area (TPSA) is 0 Å². The Bertz CT molecular complexity index is 3310. The van der Waals surface area contributed by atoms with E-state index in [0.717, 1.165) is 0 Å². The molecule has 12 rings (SSSR count). The van der Waals surface area contributed by atoms with Gasteiger partial charge in [0.05, 0.1) is 0 Å². The summed E-state index contributed by atoms with van der Waals surface area (Å²) in [6, 6.07) is 56.4. The van der Waals surface area contributed by atoms with E-state index in [9.17, 15) is 0 Å². The van der Waals surface area contributed by atoms with Crippen LogP contribution < -0.4 is 0 Å². The molecule has 0 aliphatic carbocycles. The van der Waals surface area contributed by atoms with E-state index in [1.54, 1.807) is 0 Å². The lowest BCUT2D eigenvalue weighted by Gasteiger charge is -2.19. The molecule has 0 heterocycles. The van der Waals surface area contributed by atoms with Crippen LogP contribution in [0.5, 0.6) is 0 Å². The van der Waals surface area contributed by atoms with Crippen molar-refractivity contribution in [1.29, 1.82) is 0 Å². The Hall–Kier alpha value is -6.24. The predicted molar refractivity (Wildman–Crippen MR) is 246 cm³/mol. The van der Waals surface area contributed by atoms with Gasteiger partial charge in [-0.1, -0.05) is 175 Å². The molecular formula is C56H42. The smallest absolute Gasteiger partial charge is 0.0000483 e. The van der Waals surface area contributed by atoms with Gasteiger partial charge in [0, 0.05) is 0 Å². The quantitative estimate of drug-likeness (QED) is 0.167. The molecule has 56 heavy (non-hydrogen) atoms. The lowest BCUT2D eigenvalue weighted by atomic mass is 9.85. The van der Waals surface area contributed by atoms with Gasteiger partial charge in [-0.2, -0.15) is 0 Å². The van der Waals surface area contributed by atoms with Crippen molar-refractivity contribution < 1.29 is 0 Å². The summed E-state index contributed by atoms with van der Waals surface area (Å²) in [4.78, 5) is 0. The summed E-state index contributed by atoms with van der Waals surface area (Å²) in [6.07, 6.45) is 0. The van der Waals surface area contributed by atoms with E-state index in [4.69, 9.17) is 0 Å². The molecule has 12 aromatic carbocycles. The fourth-order valence-corrected chi connectivity index (χ4v) is 10.6. The van der Waals surface area contributed by atoms with Gasteiger partial charge in [0.25, 0.3) is 0 Å². The fraction of sp³-hybridized carbons (Fsp3) is 0.143. The minimum atomic E-state index is 0.0864. The number of rotatable bonds is 2. The van der Waals surface area contributed by atoms with Crippen LogP contribution in [0.25, 0.3) is 119 Å². The van der Waals surface area contributed by atoms with Crippen LogP contribution in [0.3, 0.4) is 0 Å². The average Bonchev–Trinajstić information content (AvgIpc) is 3.35. The van der Waals surface area contributed by atoms with Crippen LogP contribution in [-0.4, -0.2) is 0 Å². The zero-order valence-corrected chi connectivity index (χ0v) is 32.9. The molecule has 0 saturated carbocycles. The third kappa shape index (κ3) is 4.09. The number of hydrogen-bond acceptors (Lipinski definition) is 0. The summed E-state index contributed by atoms with van der Waals surface area (Å²) in [5.74, 6) is 0. The highest BCUT2D eigenvalue weighted by Gasteiger charge is 2.29. The van der Waals surface area contributed by atoms with E-state index in [1.165, 1.54) is 130 Å². The van der Waals surface area contributed by atoms with Gasteiger partial charge >= 0.3 is 0 Å². The molecule has 0 N–H and O–H groups in total. The lowest BCUT2D eigenvalue weighted by molar-refractivity contribution is 0.590. The van der Waals surface area contributed by atoms with Gasteiger partial charge in [0.1, 0.15) is 0 Å². The van der Waals surface area contributed by atoms with Gasteiger partial charge < -0.3 is 0 Å². The zero-order valence-electron chi connectivity index (χ0n) is 32.9. The van der Waals surface area contributed by atoms with Crippen LogP contribution in [0.4, 0.5) is 0 Å². The second-order valence-electron chi connectivity index (χ2n) is 18.4. The van der Waals surface area contributed by atoms with Gasteiger partial charge in [-0.05, 0) is 153 Å². The van der Waals surface area contributed by atoms with Crippen molar-refractivity contribution in [1.82, 2.24) is 0 Å². The Kier molecular flexibility index (Phi) is 6.15. The molecule has 0 atom stereocenters. The summed E-state index contributed by atoms with van der Waals surface area (Å²) in [5, 5.41) is 24.3. The second kappa shape index (κ2) is 10.7. The predicted octanol–water partition coefficient (Wildman–Crippen LogP) is 16.3. The third-order valence-corrected chi connectivity index (χ3v) is 13.2. The van der Waals surface area contributed by atoms with Crippen molar-refractivity contribution in [2.45, 2.75) is 52.4 Å². The first-order chi connectivity index (χ1) is 27.1. The molecule has 0 fully saturated rings. The molecule has 0 saturated heterocycles. The minimum Gasteiger partial charge on any atom is -0.0616 e. The number of benzene rings is 6. The Morgan fingerprint density at radius 3 is 0.964 bits per heavy atom. The molecule has 0 amide bonds. The average molecular weight is 715 g/mol. The second-order valence-corrected chi connectivity index (χ2v) is 18.4. The highest BCUT2D eigenvalue weighted by Crippen LogP contribution is 2.57. The van der Waals surface area contributed by atoms with Crippen LogP contribution in [0.2, 0.25) is 0 Å². The summed E-state index contributed by atoms with van der Waals surface area (Å²) < 4.78 is 0. The number of hydrogen-bond donors (Lipinski definition) is 0. The standard InChI is InChI=1S/C56H42/c1-55(2,3)35-25-21-31(22-26-35)43-29-33-13-11-19-37-40-16-8-10-18-42-48(40)54-52-46-34(30-44(50(42)52)32-23-27-36(28-24-32)56(4,5)6)14-12-20-38(46)39-15-7-9-17-41-47(39)53(54)51(45(33)37)49(41)43/h7-30H,1-6H3. The van der Waals surface area contributed by atoms with Crippen molar-refractivity contribution in [3.05, 3.63) is 157 Å². The Morgan fingerprint density at radius 2 is 0.589 bits per heavy atom. The van der Waals surface area contributed by atoms with Crippen molar-refractivity contribution in [2.24, 2.45) is 0 Å². The molecule has 0 heteroatoms. The largest absolute Gasteiger partial charge is 0.0616 e. The molecule has 0 bridgehead atoms. The highest BCUT2D eigenvalue weighted by molar-refractivity contribution is 6.55. The maximum absolute atomic E-state index is 2.48. The van der Waals surface area contributed by atoms with Gasteiger partial charge in [-0.3, -0.25) is 0 Å². The van der Waals surface area contributed by atoms with Crippen LogP contribution in [-0.2, 0) is 10.8 Å². The molecule has 0 nitrogen and oxygen atoms in total. The van der Waals surface area contributed by atoms with E-state index in [2.05, 4.69) is 187 Å². The monoisotopic (exact) mass is 714 g/mol. The van der Waals surface area contributed by atoms with Gasteiger partial charge in [-0.15, -0.1) is 0 Å². The molecule has 0 aliphatic heterocycles. The Morgan fingerprint density at radius 1 is 0.268 bits per heavy atom. The van der Waals surface area contributed by atoms with Crippen molar-refractivity contribution >= 4 is 97.0 Å². The van der Waals surface area contributed by atoms with Crippen molar-refractivity contribution in [2.75, 3.05) is 0 Å². The molecular weight excluding hydrogens is 673 g/mol. The van der Waals surface area contributed by atoms with Crippen molar-refractivity contribution in [3.8, 4) is 22.3 Å². The van der Waals surface area contributed by atoms with E-state index >= 15 is 0 Å². The lowest BCUT2D eigenvalue weighted by Crippen LogP contribution is -2.10. The molecule has 0 aromatic heterocycles. The van der Waals surface area contributed by atoms with Crippen LogP contribution in [0.1, 0.15) is 52.7 Å². The van der Waals surface area contributed by atoms with Crippen LogP contribution in [0.15, 0.2) is 146 Å². The van der Waals surface area contributed by atoms with Gasteiger partial charge in [0.15, 0.2) is 0 Å². The van der Waals surface area contributed by atoms with E-state index in [1.807, 2.05) is 0 Å². The SMILES string of the molecule is CC(C)(C)c1ccc(-c2cc3cccc4c5ccccc6c7c(-c8ccc(C(C)(C)C)cc8)cc8cccc9c%10ccccc%11c2c(c34)c(c%10%11)c(c56)c7c89)cc1. The van der Waals surface area contributed by atoms with Gasteiger partial charge in [-0.25, -0.2) is 0 Å². The maximum Gasteiger partial charge on any atom is -0.0000483 e. The Balaban J connectivity index is 1.40. The van der Waals surface area contributed by atoms with E-state index in [0.29, 0.717) is 0 Å². The fourth-order valence-electron chi connectivity index (χ4n) is 10.6. The summed E-state index contributed by atoms with van der Waals surface area (Å²) in [6.45, 7) is 13.8. The molecule has 12 aromatic rings. The first-order valence-electron chi connectivity index (χ1n) is 20.2.